The average Bonchev–Trinajstić information content (AvgIpc) is 2.56. The highest BCUT2D eigenvalue weighted by Gasteiger charge is 2.31. The van der Waals surface area contributed by atoms with Crippen molar-refractivity contribution in [3.63, 3.8) is 0 Å². The molecule has 1 saturated heterocycles. The van der Waals surface area contributed by atoms with Crippen molar-refractivity contribution < 1.29 is 24.2 Å². The lowest BCUT2D eigenvalue weighted by atomic mass is 9.95. The first-order chi connectivity index (χ1) is 12.7. The Hall–Kier alpha value is -2.28. The van der Waals surface area contributed by atoms with Gasteiger partial charge in [0.1, 0.15) is 11.4 Å². The number of rotatable bonds is 6. The van der Waals surface area contributed by atoms with Gasteiger partial charge in [0.2, 0.25) is 0 Å². The van der Waals surface area contributed by atoms with Crippen LogP contribution >= 0.6 is 0 Å². The Morgan fingerprint density at radius 2 is 1.89 bits per heavy atom. The van der Waals surface area contributed by atoms with E-state index in [1.807, 2.05) is 45.0 Å². The second kappa shape index (κ2) is 9.08. The molecule has 150 valence electrons. The predicted molar refractivity (Wildman–Crippen MR) is 102 cm³/mol. The van der Waals surface area contributed by atoms with Gasteiger partial charge >= 0.3 is 12.1 Å². The molecule has 0 radical (unpaired) electrons. The predicted octanol–water partition coefficient (Wildman–Crippen LogP) is 3.03. The summed E-state index contributed by atoms with van der Waals surface area (Å²) in [5.41, 5.74) is 0.525. The van der Waals surface area contributed by atoms with E-state index in [-0.39, 0.29) is 18.5 Å². The Kier molecular flexibility index (Phi) is 7.07. The maximum absolute atomic E-state index is 12.1. The molecule has 0 saturated carbocycles. The molecule has 0 aromatic heterocycles. The Labute approximate surface area is 160 Å². The van der Waals surface area contributed by atoms with Crippen LogP contribution in [0.1, 0.15) is 45.6 Å². The summed E-state index contributed by atoms with van der Waals surface area (Å²) >= 11 is 0. The Balaban J connectivity index is 2.03. The molecule has 7 heteroatoms. The van der Waals surface area contributed by atoms with Gasteiger partial charge in [-0.05, 0) is 51.3 Å². The second-order valence-corrected chi connectivity index (χ2v) is 7.95. The van der Waals surface area contributed by atoms with Crippen LogP contribution in [0, 0.1) is 0 Å². The van der Waals surface area contributed by atoms with E-state index in [9.17, 15) is 14.7 Å². The zero-order valence-electron chi connectivity index (χ0n) is 16.5. The number of benzene rings is 1. The number of nitrogens with one attached hydrogen (secondary N) is 1. The molecular formula is C20H30N2O5. The number of carboxylic acids is 1. The lowest BCUT2D eigenvalue weighted by molar-refractivity contribution is -0.139. The molecule has 2 rings (SSSR count). The Bertz CT molecular complexity index is 639. The monoisotopic (exact) mass is 378 g/mol. The number of piperidine rings is 1. The highest BCUT2D eigenvalue weighted by molar-refractivity contribution is 5.68. The number of alkyl carbamates (subject to hydrolysis) is 1. The molecule has 2 N–H and O–H groups in total. The maximum Gasteiger partial charge on any atom is 0.407 e. The molecule has 0 bridgehead atoms. The van der Waals surface area contributed by atoms with E-state index in [4.69, 9.17) is 9.47 Å². The van der Waals surface area contributed by atoms with E-state index in [0.29, 0.717) is 19.5 Å². The van der Waals surface area contributed by atoms with Gasteiger partial charge in [-0.1, -0.05) is 12.1 Å². The van der Waals surface area contributed by atoms with E-state index in [0.717, 1.165) is 17.7 Å². The number of carboxylic acid groups (broad SMARTS) is 1. The standard InChI is InChI=1S/C20H30N2O5/c1-20(2,3)27-19(25)21-15-7-8-16(11-18(23)24)22(13-15)12-14-5-9-17(26-4)10-6-14/h5-6,9-10,15-16H,7-8,11-13H2,1-4H3,(H,21,25)(H,23,24). The molecule has 2 atom stereocenters. The van der Waals surface area contributed by atoms with E-state index in [1.165, 1.54) is 0 Å². The van der Waals surface area contributed by atoms with Crippen LogP contribution in [0.3, 0.4) is 0 Å². The van der Waals surface area contributed by atoms with Gasteiger partial charge in [-0.3, -0.25) is 9.69 Å². The summed E-state index contributed by atoms with van der Waals surface area (Å²) in [5.74, 6) is -0.0257. The van der Waals surface area contributed by atoms with E-state index in [1.54, 1.807) is 7.11 Å². The van der Waals surface area contributed by atoms with Gasteiger partial charge in [-0.15, -0.1) is 0 Å². The van der Waals surface area contributed by atoms with Crippen LogP contribution in [0.4, 0.5) is 4.79 Å². The van der Waals surface area contributed by atoms with Gasteiger partial charge in [-0.25, -0.2) is 4.79 Å². The summed E-state index contributed by atoms with van der Waals surface area (Å²) in [7, 11) is 1.62. The minimum atomic E-state index is -0.807. The summed E-state index contributed by atoms with van der Waals surface area (Å²) in [6.45, 7) is 6.68. The number of carbonyl (C=O) groups excluding carboxylic acids is 1. The fourth-order valence-corrected chi connectivity index (χ4v) is 3.28. The highest BCUT2D eigenvalue weighted by Crippen LogP contribution is 2.24. The molecule has 1 aliphatic heterocycles. The fraction of sp³-hybridized carbons (Fsp3) is 0.600. The van der Waals surface area contributed by atoms with Crippen molar-refractivity contribution >= 4 is 12.1 Å². The lowest BCUT2D eigenvalue weighted by Gasteiger charge is -2.39. The number of carbonyl (C=O) groups is 2. The van der Waals surface area contributed by atoms with Crippen molar-refractivity contribution in [2.24, 2.45) is 0 Å². The third-order valence-corrected chi connectivity index (χ3v) is 4.50. The van der Waals surface area contributed by atoms with Crippen LogP contribution in [-0.2, 0) is 16.1 Å². The first-order valence-corrected chi connectivity index (χ1v) is 9.24. The minimum Gasteiger partial charge on any atom is -0.497 e. The molecule has 0 aliphatic carbocycles. The molecule has 7 nitrogen and oxygen atoms in total. The van der Waals surface area contributed by atoms with Crippen LogP contribution in [0.25, 0.3) is 0 Å². The molecule has 2 unspecified atom stereocenters. The van der Waals surface area contributed by atoms with E-state index >= 15 is 0 Å². The molecule has 1 aliphatic rings. The summed E-state index contributed by atoms with van der Waals surface area (Å²) in [6.07, 6.45) is 1.10. The molecule has 1 aromatic rings. The zero-order chi connectivity index (χ0) is 20.0. The van der Waals surface area contributed by atoms with Crippen molar-refractivity contribution in [2.75, 3.05) is 13.7 Å². The van der Waals surface area contributed by atoms with Gasteiger partial charge in [-0.2, -0.15) is 0 Å². The average molecular weight is 378 g/mol. The first kappa shape index (κ1) is 21.0. The fourth-order valence-electron chi connectivity index (χ4n) is 3.28. The van der Waals surface area contributed by atoms with Crippen molar-refractivity contribution in [1.29, 1.82) is 0 Å². The van der Waals surface area contributed by atoms with Gasteiger partial charge in [0.05, 0.1) is 13.5 Å². The van der Waals surface area contributed by atoms with Crippen molar-refractivity contribution in [1.82, 2.24) is 10.2 Å². The maximum atomic E-state index is 12.1. The second-order valence-electron chi connectivity index (χ2n) is 7.95. The van der Waals surface area contributed by atoms with Gasteiger partial charge in [0, 0.05) is 25.2 Å². The third kappa shape index (κ3) is 7.09. The van der Waals surface area contributed by atoms with Crippen LogP contribution in [0.15, 0.2) is 24.3 Å². The van der Waals surface area contributed by atoms with Crippen LogP contribution in [0.2, 0.25) is 0 Å². The number of aliphatic carboxylic acids is 1. The molecule has 0 spiro atoms. The number of hydrogen-bond acceptors (Lipinski definition) is 5. The van der Waals surface area contributed by atoms with Gasteiger partial charge in [0.15, 0.2) is 0 Å². The number of methoxy groups -OCH3 is 1. The van der Waals surface area contributed by atoms with Gasteiger partial charge < -0.3 is 19.9 Å². The van der Waals surface area contributed by atoms with Crippen LogP contribution in [-0.4, -0.2) is 53.4 Å². The van der Waals surface area contributed by atoms with Crippen molar-refractivity contribution in [3.05, 3.63) is 29.8 Å². The number of ether oxygens (including phenoxy) is 2. The smallest absolute Gasteiger partial charge is 0.407 e. The van der Waals surface area contributed by atoms with Crippen molar-refractivity contribution in [3.8, 4) is 5.75 Å². The van der Waals surface area contributed by atoms with Crippen molar-refractivity contribution in [2.45, 2.75) is 64.3 Å². The van der Waals surface area contributed by atoms with Gasteiger partial charge in [0.25, 0.3) is 0 Å². The topological polar surface area (TPSA) is 88.1 Å². The minimum absolute atomic E-state index is 0.0544. The lowest BCUT2D eigenvalue weighted by Crippen LogP contribution is -2.52. The number of nitrogens with zero attached hydrogens (tertiary/aromatic N) is 1. The Morgan fingerprint density at radius 3 is 2.44 bits per heavy atom. The van der Waals surface area contributed by atoms with Crippen LogP contribution < -0.4 is 10.1 Å². The SMILES string of the molecule is COc1ccc(CN2CC(NC(=O)OC(C)(C)C)CCC2CC(=O)O)cc1. The molecule has 1 aromatic carbocycles. The number of amides is 1. The first-order valence-electron chi connectivity index (χ1n) is 9.24. The zero-order valence-corrected chi connectivity index (χ0v) is 16.5. The quantitative estimate of drug-likeness (QED) is 0.791. The molecular weight excluding hydrogens is 348 g/mol. The molecule has 27 heavy (non-hydrogen) atoms. The highest BCUT2D eigenvalue weighted by atomic mass is 16.6. The Morgan fingerprint density at radius 1 is 1.22 bits per heavy atom. The van der Waals surface area contributed by atoms with E-state index < -0.39 is 17.7 Å². The summed E-state index contributed by atoms with van der Waals surface area (Å²) in [4.78, 5) is 25.4. The third-order valence-electron chi connectivity index (χ3n) is 4.50. The molecule has 1 amide bonds. The molecule has 1 heterocycles. The normalized spacial score (nSPS) is 20.7. The number of likely N-dealkylation sites (tertiary alicyclic amines) is 1. The summed E-state index contributed by atoms with van der Waals surface area (Å²) < 4.78 is 10.5. The largest absolute Gasteiger partial charge is 0.497 e. The van der Waals surface area contributed by atoms with E-state index in [2.05, 4.69) is 10.2 Å². The van der Waals surface area contributed by atoms with Crippen LogP contribution in [0.5, 0.6) is 5.75 Å². The summed E-state index contributed by atoms with van der Waals surface area (Å²) in [5, 5.41) is 12.1. The molecule has 1 fully saturated rings. The number of hydrogen-bond donors (Lipinski definition) is 2. The summed E-state index contributed by atoms with van der Waals surface area (Å²) in [6, 6.07) is 7.61.